The Hall–Kier alpha value is -3.41. The monoisotopic (exact) mass is 378 g/mol. The average molecular weight is 378 g/mol. The number of aryl methyl sites for hydroxylation is 1. The topological polar surface area (TPSA) is 52.7 Å². The van der Waals surface area contributed by atoms with Crippen molar-refractivity contribution in [2.75, 3.05) is 7.11 Å². The van der Waals surface area contributed by atoms with Crippen LogP contribution in [0.25, 0.3) is 16.6 Å². The Morgan fingerprint density at radius 1 is 1.04 bits per heavy atom. The molecule has 0 radical (unpaired) electrons. The maximum Gasteiger partial charge on any atom is 0.275 e. The SMILES string of the molecule is COc1cccc(CC(=O)CCn2c(=O)c3cccn3c3ccc(F)cc32)c1. The molecule has 28 heavy (non-hydrogen) atoms. The minimum Gasteiger partial charge on any atom is -0.497 e. The molecule has 0 aliphatic rings. The molecule has 0 saturated heterocycles. The maximum atomic E-state index is 13.8. The van der Waals surface area contributed by atoms with Crippen LogP contribution in [0.5, 0.6) is 5.75 Å². The summed E-state index contributed by atoms with van der Waals surface area (Å²) >= 11 is 0. The highest BCUT2D eigenvalue weighted by atomic mass is 19.1. The van der Waals surface area contributed by atoms with Crippen LogP contribution in [0.15, 0.2) is 65.6 Å². The van der Waals surface area contributed by atoms with Crippen LogP contribution in [0.4, 0.5) is 4.39 Å². The first-order valence-corrected chi connectivity index (χ1v) is 9.00. The van der Waals surface area contributed by atoms with Crippen LogP contribution in [0.3, 0.4) is 0 Å². The quantitative estimate of drug-likeness (QED) is 0.515. The van der Waals surface area contributed by atoms with E-state index in [9.17, 15) is 14.0 Å². The van der Waals surface area contributed by atoms with E-state index in [1.54, 1.807) is 35.9 Å². The zero-order valence-corrected chi connectivity index (χ0v) is 15.4. The van der Waals surface area contributed by atoms with Crippen molar-refractivity contribution in [3.05, 3.63) is 82.5 Å². The third-order valence-electron chi connectivity index (χ3n) is 4.85. The van der Waals surface area contributed by atoms with Crippen LogP contribution in [0, 0.1) is 5.82 Å². The average Bonchev–Trinajstić information content (AvgIpc) is 3.18. The molecule has 6 heteroatoms. The molecular weight excluding hydrogens is 359 g/mol. The third kappa shape index (κ3) is 3.29. The standard InChI is InChI=1S/C22H19FN2O3/c1-28-18-5-2-4-15(13-18)12-17(26)9-11-25-21-14-16(23)7-8-19(21)24-10-3-6-20(24)22(25)27/h2-8,10,13-14H,9,11-12H2,1H3. The molecule has 4 aromatic rings. The fourth-order valence-corrected chi connectivity index (χ4v) is 3.49. The molecule has 2 aromatic carbocycles. The number of carbonyl (C=O) groups excluding carboxylic acids is 1. The van der Waals surface area contributed by atoms with E-state index < -0.39 is 5.82 Å². The first-order chi connectivity index (χ1) is 13.6. The second-order valence-electron chi connectivity index (χ2n) is 6.67. The summed E-state index contributed by atoms with van der Waals surface area (Å²) in [7, 11) is 1.58. The number of benzene rings is 2. The lowest BCUT2D eigenvalue weighted by Gasteiger charge is -2.12. The molecule has 0 saturated carbocycles. The number of Topliss-reactive ketones (excluding diaryl/α,β-unsaturated/α-hetero) is 1. The van der Waals surface area contributed by atoms with Crippen molar-refractivity contribution in [1.82, 2.24) is 8.97 Å². The fourth-order valence-electron chi connectivity index (χ4n) is 3.49. The Kier molecular flexibility index (Phi) is 4.69. The fraction of sp³-hybridized carbons (Fsp3) is 0.182. The molecule has 0 spiro atoms. The second-order valence-corrected chi connectivity index (χ2v) is 6.67. The van der Waals surface area contributed by atoms with Crippen LogP contribution in [0.1, 0.15) is 12.0 Å². The van der Waals surface area contributed by atoms with E-state index in [2.05, 4.69) is 0 Å². The van der Waals surface area contributed by atoms with Gasteiger partial charge in [-0.25, -0.2) is 4.39 Å². The molecule has 142 valence electrons. The summed E-state index contributed by atoms with van der Waals surface area (Å²) in [5.74, 6) is 0.275. The van der Waals surface area contributed by atoms with E-state index in [-0.39, 0.29) is 30.7 Å². The molecular formula is C22H19FN2O3. The molecule has 5 nitrogen and oxygen atoms in total. The first-order valence-electron chi connectivity index (χ1n) is 9.00. The Morgan fingerprint density at radius 3 is 2.71 bits per heavy atom. The van der Waals surface area contributed by atoms with Crippen molar-refractivity contribution in [3.8, 4) is 5.75 Å². The van der Waals surface area contributed by atoms with Crippen molar-refractivity contribution < 1.29 is 13.9 Å². The van der Waals surface area contributed by atoms with Crippen LogP contribution in [-0.2, 0) is 17.8 Å². The number of ether oxygens (including phenoxy) is 1. The number of rotatable bonds is 6. The van der Waals surface area contributed by atoms with Gasteiger partial charge in [-0.2, -0.15) is 0 Å². The lowest BCUT2D eigenvalue weighted by Crippen LogP contribution is -2.24. The minimum absolute atomic E-state index is 0.0000350. The minimum atomic E-state index is -0.421. The van der Waals surface area contributed by atoms with Gasteiger partial charge in [0.1, 0.15) is 22.9 Å². The number of ketones is 1. The summed E-state index contributed by atoms with van der Waals surface area (Å²) in [5, 5.41) is 0. The molecule has 0 atom stereocenters. The number of halogens is 1. The Labute approximate surface area is 160 Å². The lowest BCUT2D eigenvalue weighted by molar-refractivity contribution is -0.118. The zero-order chi connectivity index (χ0) is 19.7. The molecule has 0 N–H and O–H groups in total. The summed E-state index contributed by atoms with van der Waals surface area (Å²) < 4.78 is 22.2. The smallest absolute Gasteiger partial charge is 0.275 e. The van der Waals surface area contributed by atoms with E-state index in [1.165, 1.54) is 16.7 Å². The maximum absolute atomic E-state index is 13.8. The van der Waals surface area contributed by atoms with Gasteiger partial charge >= 0.3 is 0 Å². The predicted molar refractivity (Wildman–Crippen MR) is 105 cm³/mol. The van der Waals surface area contributed by atoms with Gasteiger partial charge in [-0.1, -0.05) is 12.1 Å². The van der Waals surface area contributed by atoms with Crippen molar-refractivity contribution in [2.24, 2.45) is 0 Å². The number of carbonyl (C=O) groups is 1. The normalized spacial score (nSPS) is 11.2. The van der Waals surface area contributed by atoms with Gasteiger partial charge in [-0.15, -0.1) is 0 Å². The Balaban J connectivity index is 1.63. The van der Waals surface area contributed by atoms with E-state index in [0.29, 0.717) is 16.8 Å². The summed E-state index contributed by atoms with van der Waals surface area (Å²) in [6, 6.07) is 15.2. The number of aromatic nitrogens is 2. The van der Waals surface area contributed by atoms with Crippen LogP contribution >= 0.6 is 0 Å². The molecule has 0 amide bonds. The van der Waals surface area contributed by atoms with Crippen molar-refractivity contribution >= 4 is 22.3 Å². The predicted octanol–water partition coefficient (Wildman–Crippen LogP) is 3.60. The number of methoxy groups -OCH3 is 1. The second kappa shape index (κ2) is 7.31. The van der Waals surface area contributed by atoms with Gasteiger partial charge in [-0.05, 0) is 48.0 Å². The molecule has 0 aliphatic carbocycles. The highest BCUT2D eigenvalue weighted by molar-refractivity contribution is 5.82. The lowest BCUT2D eigenvalue weighted by atomic mass is 10.1. The van der Waals surface area contributed by atoms with E-state index in [0.717, 1.165) is 11.1 Å². The van der Waals surface area contributed by atoms with E-state index in [1.807, 2.05) is 24.3 Å². The van der Waals surface area contributed by atoms with Crippen molar-refractivity contribution in [3.63, 3.8) is 0 Å². The van der Waals surface area contributed by atoms with Crippen LogP contribution in [-0.4, -0.2) is 21.9 Å². The van der Waals surface area contributed by atoms with Crippen LogP contribution in [0.2, 0.25) is 0 Å². The Bertz CT molecular complexity index is 1240. The van der Waals surface area contributed by atoms with Crippen molar-refractivity contribution in [1.29, 1.82) is 0 Å². The number of hydrogen-bond donors (Lipinski definition) is 0. The molecule has 4 rings (SSSR count). The molecule has 0 fully saturated rings. The van der Waals surface area contributed by atoms with Gasteiger partial charge in [0.25, 0.3) is 5.56 Å². The van der Waals surface area contributed by atoms with Gasteiger partial charge in [-0.3, -0.25) is 9.59 Å². The first kappa shape index (κ1) is 18.0. The molecule has 2 aromatic heterocycles. The zero-order valence-electron chi connectivity index (χ0n) is 15.4. The number of hydrogen-bond acceptors (Lipinski definition) is 3. The molecule has 0 aliphatic heterocycles. The van der Waals surface area contributed by atoms with Gasteiger partial charge < -0.3 is 13.7 Å². The summed E-state index contributed by atoms with van der Waals surface area (Å²) in [4.78, 5) is 25.3. The van der Waals surface area contributed by atoms with Crippen molar-refractivity contribution in [2.45, 2.75) is 19.4 Å². The Morgan fingerprint density at radius 2 is 1.89 bits per heavy atom. The van der Waals surface area contributed by atoms with Gasteiger partial charge in [0.2, 0.25) is 0 Å². The highest BCUT2D eigenvalue weighted by Gasteiger charge is 2.13. The highest BCUT2D eigenvalue weighted by Crippen LogP contribution is 2.18. The summed E-state index contributed by atoms with van der Waals surface area (Å²) in [6.07, 6.45) is 2.21. The summed E-state index contributed by atoms with van der Waals surface area (Å²) in [5.41, 5.74) is 2.32. The number of nitrogens with zero attached hydrogens (tertiary/aromatic N) is 2. The molecule has 2 heterocycles. The van der Waals surface area contributed by atoms with E-state index in [4.69, 9.17) is 4.74 Å². The largest absolute Gasteiger partial charge is 0.497 e. The molecule has 0 bridgehead atoms. The third-order valence-corrected chi connectivity index (χ3v) is 4.85. The van der Waals surface area contributed by atoms with Gasteiger partial charge in [0, 0.05) is 25.6 Å². The van der Waals surface area contributed by atoms with Crippen LogP contribution < -0.4 is 10.3 Å². The van der Waals surface area contributed by atoms with Gasteiger partial charge in [0.05, 0.1) is 18.1 Å². The van der Waals surface area contributed by atoms with Gasteiger partial charge in [0.15, 0.2) is 0 Å². The number of fused-ring (bicyclic) bond motifs is 3. The molecule has 0 unspecified atom stereocenters. The summed E-state index contributed by atoms with van der Waals surface area (Å²) in [6.45, 7) is 0.198. The van der Waals surface area contributed by atoms with E-state index >= 15 is 0 Å².